The second-order valence-electron chi connectivity index (χ2n) is 7.50. The lowest BCUT2D eigenvalue weighted by molar-refractivity contribution is 0.176. The smallest absolute Gasteiger partial charge is 0.203 e. The van der Waals surface area contributed by atoms with Gasteiger partial charge in [0.2, 0.25) is 5.13 Å². The molecule has 2 aromatic carbocycles. The van der Waals surface area contributed by atoms with Crippen LogP contribution in [-0.2, 0) is 6.54 Å². The summed E-state index contributed by atoms with van der Waals surface area (Å²) in [5.41, 5.74) is 7.60. The fraction of sp³-hybridized carbons (Fsp3) is 0.304. The van der Waals surface area contributed by atoms with Crippen molar-refractivity contribution in [2.24, 2.45) is 11.0 Å². The van der Waals surface area contributed by atoms with Crippen LogP contribution in [0.1, 0.15) is 30.9 Å². The van der Waals surface area contributed by atoms with Crippen molar-refractivity contribution in [3.8, 4) is 11.3 Å². The number of thiazole rings is 1. The van der Waals surface area contributed by atoms with E-state index in [0.29, 0.717) is 0 Å². The molecule has 0 spiro atoms. The van der Waals surface area contributed by atoms with Crippen molar-refractivity contribution in [2.45, 2.75) is 26.3 Å². The van der Waals surface area contributed by atoms with E-state index in [-0.39, 0.29) is 0 Å². The van der Waals surface area contributed by atoms with Crippen LogP contribution in [0, 0.1) is 5.92 Å². The number of hydrazone groups is 1. The third-order valence-electron chi connectivity index (χ3n) is 5.05. The Morgan fingerprint density at radius 2 is 2.11 bits per heavy atom. The highest BCUT2D eigenvalue weighted by Crippen LogP contribution is 2.24. The first-order valence-corrected chi connectivity index (χ1v) is 10.8. The third kappa shape index (κ3) is 5.06. The van der Waals surface area contributed by atoms with Gasteiger partial charge in [0.1, 0.15) is 0 Å². The number of hydrogen-bond donors (Lipinski definition) is 1. The SMILES string of the molecule is CC1CCCN(Cc2cccc(C=NNc3nc(-c4ccccc4)cs3)c2)C1. The molecule has 0 amide bonds. The van der Waals surface area contributed by atoms with Crippen LogP contribution in [0.15, 0.2) is 65.1 Å². The highest BCUT2D eigenvalue weighted by Gasteiger charge is 2.16. The molecule has 1 unspecified atom stereocenters. The summed E-state index contributed by atoms with van der Waals surface area (Å²) in [5, 5.41) is 7.23. The molecule has 0 aliphatic carbocycles. The fourth-order valence-corrected chi connectivity index (χ4v) is 4.36. The summed E-state index contributed by atoms with van der Waals surface area (Å²) in [5.74, 6) is 0.807. The predicted molar refractivity (Wildman–Crippen MR) is 119 cm³/mol. The van der Waals surface area contributed by atoms with Gasteiger partial charge in [-0.3, -0.25) is 10.3 Å². The average Bonchev–Trinajstić information content (AvgIpc) is 3.18. The average molecular weight is 391 g/mol. The molecule has 1 aliphatic rings. The zero-order valence-electron chi connectivity index (χ0n) is 16.2. The van der Waals surface area contributed by atoms with Gasteiger partial charge in [-0.2, -0.15) is 5.10 Å². The van der Waals surface area contributed by atoms with Gasteiger partial charge < -0.3 is 0 Å². The number of anilines is 1. The zero-order chi connectivity index (χ0) is 19.2. The highest BCUT2D eigenvalue weighted by molar-refractivity contribution is 7.14. The maximum absolute atomic E-state index is 4.60. The second-order valence-corrected chi connectivity index (χ2v) is 8.36. The van der Waals surface area contributed by atoms with Crippen molar-refractivity contribution in [3.63, 3.8) is 0 Å². The van der Waals surface area contributed by atoms with E-state index < -0.39 is 0 Å². The molecular weight excluding hydrogens is 364 g/mol. The molecule has 0 saturated carbocycles. The van der Waals surface area contributed by atoms with E-state index in [1.165, 1.54) is 31.5 Å². The van der Waals surface area contributed by atoms with Crippen molar-refractivity contribution in [1.29, 1.82) is 0 Å². The first-order chi connectivity index (χ1) is 13.8. The first kappa shape index (κ1) is 18.8. The Labute approximate surface area is 170 Å². The summed E-state index contributed by atoms with van der Waals surface area (Å²) >= 11 is 1.56. The minimum absolute atomic E-state index is 0.800. The monoisotopic (exact) mass is 390 g/mol. The normalized spacial score (nSPS) is 17.8. The zero-order valence-corrected chi connectivity index (χ0v) is 17.0. The quantitative estimate of drug-likeness (QED) is 0.447. The van der Waals surface area contributed by atoms with Gasteiger partial charge >= 0.3 is 0 Å². The fourth-order valence-electron chi connectivity index (χ4n) is 3.69. The number of hydrogen-bond acceptors (Lipinski definition) is 5. The van der Waals surface area contributed by atoms with Gasteiger partial charge in [0.05, 0.1) is 11.9 Å². The summed E-state index contributed by atoms with van der Waals surface area (Å²) < 4.78 is 0. The number of aromatic nitrogens is 1. The van der Waals surface area contributed by atoms with E-state index >= 15 is 0 Å². The summed E-state index contributed by atoms with van der Waals surface area (Å²) in [6.07, 6.45) is 4.54. The van der Waals surface area contributed by atoms with Gasteiger partial charge in [0, 0.05) is 24.0 Å². The number of benzene rings is 2. The molecular formula is C23H26N4S. The Morgan fingerprint density at radius 1 is 1.21 bits per heavy atom. The topological polar surface area (TPSA) is 40.5 Å². The molecule has 1 saturated heterocycles. The van der Waals surface area contributed by atoms with Crippen molar-refractivity contribution < 1.29 is 0 Å². The molecule has 1 aromatic heterocycles. The van der Waals surface area contributed by atoms with Crippen molar-refractivity contribution >= 4 is 22.7 Å². The van der Waals surface area contributed by atoms with Crippen LogP contribution in [0.2, 0.25) is 0 Å². The number of nitrogens with zero attached hydrogens (tertiary/aromatic N) is 3. The standard InChI is InChI=1S/C23H26N4S/c1-18-7-6-12-27(15-18)16-20-9-5-8-19(13-20)14-24-26-23-25-22(17-28-23)21-10-3-2-4-11-21/h2-5,8-11,13-14,17-18H,6-7,12,15-16H2,1H3,(H,25,26). The minimum atomic E-state index is 0.800. The molecule has 1 fully saturated rings. The van der Waals surface area contributed by atoms with Gasteiger partial charge in [-0.05, 0) is 42.5 Å². The highest BCUT2D eigenvalue weighted by atomic mass is 32.1. The van der Waals surface area contributed by atoms with Crippen molar-refractivity contribution in [3.05, 3.63) is 71.1 Å². The molecule has 3 aromatic rings. The maximum atomic E-state index is 4.60. The number of piperidine rings is 1. The van der Waals surface area contributed by atoms with Crippen LogP contribution in [0.3, 0.4) is 0 Å². The lowest BCUT2D eigenvalue weighted by Gasteiger charge is -2.30. The lowest BCUT2D eigenvalue weighted by atomic mass is 9.99. The van der Waals surface area contributed by atoms with E-state index in [9.17, 15) is 0 Å². The Hall–Kier alpha value is -2.50. The van der Waals surface area contributed by atoms with E-state index in [0.717, 1.165) is 34.4 Å². The Balaban J connectivity index is 1.35. The number of likely N-dealkylation sites (tertiary alicyclic amines) is 1. The molecule has 1 aliphatic heterocycles. The first-order valence-electron chi connectivity index (χ1n) is 9.87. The van der Waals surface area contributed by atoms with E-state index in [1.807, 2.05) is 29.8 Å². The van der Waals surface area contributed by atoms with E-state index in [2.05, 4.69) is 63.7 Å². The van der Waals surface area contributed by atoms with E-state index in [4.69, 9.17) is 0 Å². The van der Waals surface area contributed by atoms with Crippen LogP contribution in [-0.4, -0.2) is 29.2 Å². The van der Waals surface area contributed by atoms with Crippen LogP contribution in [0.5, 0.6) is 0 Å². The number of rotatable bonds is 6. The van der Waals surface area contributed by atoms with E-state index in [1.54, 1.807) is 11.3 Å². The van der Waals surface area contributed by atoms with Gasteiger partial charge in [0.25, 0.3) is 0 Å². The molecule has 0 radical (unpaired) electrons. The summed E-state index contributed by atoms with van der Waals surface area (Å²) in [7, 11) is 0. The maximum Gasteiger partial charge on any atom is 0.203 e. The van der Waals surface area contributed by atoms with Crippen molar-refractivity contribution in [1.82, 2.24) is 9.88 Å². The van der Waals surface area contributed by atoms with Crippen LogP contribution < -0.4 is 5.43 Å². The van der Waals surface area contributed by atoms with Crippen molar-refractivity contribution in [2.75, 3.05) is 18.5 Å². The molecule has 4 rings (SSSR count). The molecule has 2 heterocycles. The minimum Gasteiger partial charge on any atom is -0.299 e. The summed E-state index contributed by atoms with van der Waals surface area (Å²) in [4.78, 5) is 7.16. The molecule has 28 heavy (non-hydrogen) atoms. The molecule has 4 nitrogen and oxygen atoms in total. The predicted octanol–water partition coefficient (Wildman–Crippen LogP) is 5.49. The van der Waals surface area contributed by atoms with Crippen LogP contribution in [0.4, 0.5) is 5.13 Å². The molecule has 1 atom stereocenters. The Kier molecular flexibility index (Phi) is 6.14. The summed E-state index contributed by atoms with van der Waals surface area (Å²) in [6, 6.07) is 18.8. The molecule has 5 heteroatoms. The van der Waals surface area contributed by atoms with Crippen LogP contribution >= 0.6 is 11.3 Å². The van der Waals surface area contributed by atoms with Gasteiger partial charge in [-0.1, -0.05) is 55.5 Å². The molecule has 1 N–H and O–H groups in total. The largest absolute Gasteiger partial charge is 0.299 e. The Morgan fingerprint density at radius 3 is 2.96 bits per heavy atom. The lowest BCUT2D eigenvalue weighted by Crippen LogP contribution is -2.33. The second kappa shape index (κ2) is 9.13. The number of nitrogens with one attached hydrogen (secondary N) is 1. The molecule has 0 bridgehead atoms. The third-order valence-corrected chi connectivity index (χ3v) is 5.79. The molecule has 144 valence electrons. The Bertz CT molecular complexity index is 919. The summed E-state index contributed by atoms with van der Waals surface area (Å²) in [6.45, 7) is 5.78. The van der Waals surface area contributed by atoms with Gasteiger partial charge in [-0.25, -0.2) is 4.98 Å². The van der Waals surface area contributed by atoms with Crippen LogP contribution in [0.25, 0.3) is 11.3 Å². The van der Waals surface area contributed by atoms with Gasteiger partial charge in [0.15, 0.2) is 0 Å². The van der Waals surface area contributed by atoms with Gasteiger partial charge in [-0.15, -0.1) is 11.3 Å².